The van der Waals surface area contributed by atoms with Gasteiger partial charge < -0.3 is 10.1 Å². The molecule has 1 heterocycles. The first kappa shape index (κ1) is 15.7. The molecule has 0 radical (unpaired) electrons. The molecule has 0 bridgehead atoms. The number of nitrogens with one attached hydrogen (secondary N) is 1. The maximum Gasteiger partial charge on any atom is 0.202 e. The van der Waals surface area contributed by atoms with E-state index in [9.17, 15) is 0 Å². The van der Waals surface area contributed by atoms with Gasteiger partial charge in [0, 0.05) is 24.2 Å². The molecule has 0 saturated heterocycles. The number of anilines is 1. The molecule has 1 aromatic heterocycles. The lowest BCUT2D eigenvalue weighted by molar-refractivity contribution is -0.0940. The molecule has 0 amide bonds. The van der Waals surface area contributed by atoms with Gasteiger partial charge in [-0.2, -0.15) is 4.37 Å². The SMILES string of the molecule is CCOC1(c2nsc(NC(C)C)n2)CCC(C)(C)CC1. The number of ether oxygens (including phenoxy) is 1. The molecular formula is C15H27N3OS. The van der Waals surface area contributed by atoms with E-state index in [1.165, 1.54) is 24.4 Å². The van der Waals surface area contributed by atoms with E-state index in [1.54, 1.807) is 0 Å². The molecule has 1 saturated carbocycles. The summed E-state index contributed by atoms with van der Waals surface area (Å²) in [6.07, 6.45) is 4.37. The molecule has 114 valence electrons. The Balaban J connectivity index is 2.18. The van der Waals surface area contributed by atoms with Crippen molar-refractivity contribution in [1.29, 1.82) is 0 Å². The van der Waals surface area contributed by atoms with E-state index in [4.69, 9.17) is 4.74 Å². The van der Waals surface area contributed by atoms with E-state index in [0.717, 1.165) is 23.8 Å². The van der Waals surface area contributed by atoms with Gasteiger partial charge in [-0.3, -0.25) is 0 Å². The Kier molecular flexibility index (Phi) is 4.69. The molecule has 1 aliphatic rings. The fourth-order valence-corrected chi connectivity index (χ4v) is 3.55. The first-order chi connectivity index (χ1) is 9.37. The van der Waals surface area contributed by atoms with Crippen molar-refractivity contribution < 1.29 is 4.74 Å². The average molecular weight is 297 g/mol. The second-order valence-electron chi connectivity index (χ2n) is 6.81. The summed E-state index contributed by atoms with van der Waals surface area (Å²) in [5, 5.41) is 4.23. The minimum Gasteiger partial charge on any atom is -0.367 e. The number of hydrogen-bond donors (Lipinski definition) is 1. The van der Waals surface area contributed by atoms with Crippen LogP contribution >= 0.6 is 11.5 Å². The summed E-state index contributed by atoms with van der Waals surface area (Å²) >= 11 is 1.44. The Bertz CT molecular complexity index is 432. The lowest BCUT2D eigenvalue weighted by Gasteiger charge is -2.41. The van der Waals surface area contributed by atoms with Crippen LogP contribution in [-0.4, -0.2) is 22.0 Å². The van der Waals surface area contributed by atoms with Crippen LogP contribution in [0.5, 0.6) is 0 Å². The first-order valence-corrected chi connectivity index (χ1v) is 8.39. The van der Waals surface area contributed by atoms with Crippen molar-refractivity contribution in [2.75, 3.05) is 11.9 Å². The second kappa shape index (κ2) is 5.98. The van der Waals surface area contributed by atoms with Crippen LogP contribution in [0.4, 0.5) is 5.13 Å². The highest BCUT2D eigenvalue weighted by molar-refractivity contribution is 7.09. The van der Waals surface area contributed by atoms with Crippen molar-refractivity contribution >= 4 is 16.7 Å². The minimum absolute atomic E-state index is 0.266. The molecule has 4 nitrogen and oxygen atoms in total. The van der Waals surface area contributed by atoms with Gasteiger partial charge in [-0.05, 0) is 51.9 Å². The zero-order valence-electron chi connectivity index (χ0n) is 13.3. The smallest absolute Gasteiger partial charge is 0.202 e. The topological polar surface area (TPSA) is 47.0 Å². The highest BCUT2D eigenvalue weighted by atomic mass is 32.1. The van der Waals surface area contributed by atoms with Crippen molar-refractivity contribution in [3.8, 4) is 0 Å². The summed E-state index contributed by atoms with van der Waals surface area (Å²) in [5.74, 6) is 0.878. The summed E-state index contributed by atoms with van der Waals surface area (Å²) in [5.41, 5.74) is 0.146. The predicted octanol–water partition coefficient (Wildman–Crippen LogP) is 4.19. The Labute approximate surface area is 126 Å². The Morgan fingerprint density at radius 3 is 2.45 bits per heavy atom. The van der Waals surface area contributed by atoms with Crippen molar-refractivity contribution in [3.63, 3.8) is 0 Å². The molecule has 0 atom stereocenters. The van der Waals surface area contributed by atoms with Gasteiger partial charge in [0.15, 0.2) is 5.82 Å². The molecule has 1 aliphatic carbocycles. The van der Waals surface area contributed by atoms with Crippen LogP contribution in [-0.2, 0) is 10.3 Å². The number of nitrogens with zero attached hydrogens (tertiary/aromatic N) is 2. The Morgan fingerprint density at radius 1 is 1.25 bits per heavy atom. The number of aromatic nitrogens is 2. The van der Waals surface area contributed by atoms with Crippen LogP contribution in [0.2, 0.25) is 0 Å². The third-order valence-electron chi connectivity index (χ3n) is 4.08. The van der Waals surface area contributed by atoms with Gasteiger partial charge in [0.25, 0.3) is 0 Å². The fourth-order valence-electron chi connectivity index (χ4n) is 2.75. The van der Waals surface area contributed by atoms with E-state index < -0.39 is 0 Å². The molecule has 1 aromatic rings. The van der Waals surface area contributed by atoms with Gasteiger partial charge in [-0.1, -0.05) is 13.8 Å². The summed E-state index contributed by atoms with van der Waals surface area (Å²) in [6.45, 7) is 11.7. The number of hydrogen-bond acceptors (Lipinski definition) is 5. The normalized spacial score (nSPS) is 21.1. The molecule has 0 aliphatic heterocycles. The monoisotopic (exact) mass is 297 g/mol. The molecule has 1 N–H and O–H groups in total. The third-order valence-corrected chi connectivity index (χ3v) is 4.72. The van der Waals surface area contributed by atoms with Crippen LogP contribution in [0.15, 0.2) is 0 Å². The molecule has 5 heteroatoms. The van der Waals surface area contributed by atoms with Crippen LogP contribution in [0, 0.1) is 5.41 Å². The summed E-state index contributed by atoms with van der Waals surface area (Å²) in [4.78, 5) is 4.68. The van der Waals surface area contributed by atoms with Crippen molar-refractivity contribution in [2.24, 2.45) is 5.41 Å². The maximum absolute atomic E-state index is 6.12. The van der Waals surface area contributed by atoms with Crippen molar-refractivity contribution in [2.45, 2.75) is 71.9 Å². The molecule has 0 spiro atoms. The molecule has 20 heavy (non-hydrogen) atoms. The highest BCUT2D eigenvalue weighted by Gasteiger charge is 2.43. The van der Waals surface area contributed by atoms with E-state index in [1.807, 2.05) is 0 Å². The van der Waals surface area contributed by atoms with Crippen LogP contribution in [0.1, 0.15) is 66.1 Å². The molecule has 2 rings (SSSR count). The summed E-state index contributed by atoms with van der Waals surface area (Å²) in [7, 11) is 0. The van der Waals surface area contributed by atoms with E-state index in [2.05, 4.69) is 49.3 Å². The lowest BCUT2D eigenvalue weighted by Crippen LogP contribution is -2.38. The summed E-state index contributed by atoms with van der Waals surface area (Å²) in [6, 6.07) is 0.379. The van der Waals surface area contributed by atoms with Crippen molar-refractivity contribution in [1.82, 2.24) is 9.36 Å². The lowest BCUT2D eigenvalue weighted by atomic mass is 9.70. The van der Waals surface area contributed by atoms with E-state index in [-0.39, 0.29) is 5.60 Å². The minimum atomic E-state index is -0.266. The maximum atomic E-state index is 6.12. The van der Waals surface area contributed by atoms with Gasteiger partial charge in [-0.15, -0.1) is 0 Å². The average Bonchev–Trinajstić information content (AvgIpc) is 2.81. The van der Waals surface area contributed by atoms with Crippen molar-refractivity contribution in [3.05, 3.63) is 5.82 Å². The van der Waals surface area contributed by atoms with Gasteiger partial charge >= 0.3 is 0 Å². The fraction of sp³-hybridized carbons (Fsp3) is 0.867. The second-order valence-corrected chi connectivity index (χ2v) is 7.57. The Hall–Kier alpha value is -0.680. The predicted molar refractivity (Wildman–Crippen MR) is 84.2 cm³/mol. The Morgan fingerprint density at radius 2 is 1.90 bits per heavy atom. The van der Waals surface area contributed by atoms with Gasteiger partial charge in [0.05, 0.1) is 0 Å². The van der Waals surface area contributed by atoms with Gasteiger partial charge in [0.2, 0.25) is 5.13 Å². The zero-order chi connectivity index (χ0) is 14.8. The van der Waals surface area contributed by atoms with Gasteiger partial charge in [-0.25, -0.2) is 4.98 Å². The first-order valence-electron chi connectivity index (χ1n) is 7.62. The summed E-state index contributed by atoms with van der Waals surface area (Å²) < 4.78 is 10.7. The zero-order valence-corrected chi connectivity index (χ0v) is 14.1. The molecule has 0 unspecified atom stereocenters. The van der Waals surface area contributed by atoms with Crippen LogP contribution in [0.3, 0.4) is 0 Å². The van der Waals surface area contributed by atoms with E-state index in [0.29, 0.717) is 18.1 Å². The molecule has 1 fully saturated rings. The standard InChI is InChI=1S/C15H27N3OS/c1-6-19-15(9-7-14(4,5)8-10-15)12-17-13(20-18-12)16-11(2)3/h11H,6-10H2,1-5H3,(H,16,17,18). The van der Waals surface area contributed by atoms with Crippen LogP contribution < -0.4 is 5.32 Å². The molecular weight excluding hydrogens is 270 g/mol. The largest absolute Gasteiger partial charge is 0.367 e. The van der Waals surface area contributed by atoms with Gasteiger partial charge in [0.1, 0.15) is 5.60 Å². The highest BCUT2D eigenvalue weighted by Crippen LogP contribution is 2.47. The number of rotatable bonds is 5. The quantitative estimate of drug-likeness (QED) is 0.885. The third kappa shape index (κ3) is 3.50. The van der Waals surface area contributed by atoms with Crippen LogP contribution in [0.25, 0.3) is 0 Å². The van der Waals surface area contributed by atoms with E-state index >= 15 is 0 Å². The molecule has 0 aromatic carbocycles.